The van der Waals surface area contributed by atoms with Gasteiger partial charge in [-0.15, -0.1) is 0 Å². The lowest BCUT2D eigenvalue weighted by atomic mass is 9.96. The van der Waals surface area contributed by atoms with E-state index >= 15 is 0 Å². The van der Waals surface area contributed by atoms with Crippen molar-refractivity contribution in [3.63, 3.8) is 0 Å². The summed E-state index contributed by atoms with van der Waals surface area (Å²) in [5.41, 5.74) is 1.60. The standard InChI is InChI=1S/C19H29BrN4O/c1-3-21-18(22-12-17-13-24(2)9-10-25-17)23-14-19(7-8-19)15-5-4-6-16(20)11-15/h4-6,11,17H,3,7-10,12-14H2,1-2H3,(H2,21,22,23). The highest BCUT2D eigenvalue weighted by molar-refractivity contribution is 9.10. The number of benzene rings is 1. The molecule has 2 N–H and O–H groups in total. The minimum Gasteiger partial charge on any atom is -0.374 e. The van der Waals surface area contributed by atoms with Crippen LogP contribution in [0.25, 0.3) is 0 Å². The van der Waals surface area contributed by atoms with Crippen LogP contribution in [-0.2, 0) is 10.2 Å². The van der Waals surface area contributed by atoms with Crippen molar-refractivity contribution in [3.8, 4) is 0 Å². The Morgan fingerprint density at radius 3 is 2.92 bits per heavy atom. The number of nitrogens with zero attached hydrogens (tertiary/aromatic N) is 2. The summed E-state index contributed by atoms with van der Waals surface area (Å²) in [6.45, 7) is 7.37. The van der Waals surface area contributed by atoms with E-state index in [1.54, 1.807) is 0 Å². The highest BCUT2D eigenvalue weighted by Crippen LogP contribution is 2.48. The zero-order chi connectivity index (χ0) is 17.7. The third-order valence-electron chi connectivity index (χ3n) is 5.01. The van der Waals surface area contributed by atoms with Crippen molar-refractivity contribution < 1.29 is 4.74 Å². The summed E-state index contributed by atoms with van der Waals surface area (Å²) in [5, 5.41) is 6.81. The number of hydrogen-bond donors (Lipinski definition) is 2. The number of ether oxygens (including phenoxy) is 1. The van der Waals surface area contributed by atoms with E-state index in [1.807, 2.05) is 0 Å². The van der Waals surface area contributed by atoms with Gasteiger partial charge in [0.25, 0.3) is 0 Å². The molecule has 0 spiro atoms. The summed E-state index contributed by atoms with van der Waals surface area (Å²) < 4.78 is 6.97. The molecular weight excluding hydrogens is 380 g/mol. The lowest BCUT2D eigenvalue weighted by molar-refractivity contribution is -0.0161. The van der Waals surface area contributed by atoms with Gasteiger partial charge in [-0.1, -0.05) is 28.1 Å². The molecule has 6 heteroatoms. The fourth-order valence-corrected chi connectivity index (χ4v) is 3.68. The van der Waals surface area contributed by atoms with Gasteiger partial charge in [0.2, 0.25) is 0 Å². The first-order valence-electron chi connectivity index (χ1n) is 9.20. The predicted octanol–water partition coefficient (Wildman–Crippen LogP) is 2.37. The zero-order valence-electron chi connectivity index (χ0n) is 15.2. The van der Waals surface area contributed by atoms with Gasteiger partial charge in [-0.25, -0.2) is 0 Å². The average molecular weight is 409 g/mol. The molecule has 1 aromatic carbocycles. The highest BCUT2D eigenvalue weighted by atomic mass is 79.9. The average Bonchev–Trinajstić information content (AvgIpc) is 3.39. The van der Waals surface area contributed by atoms with Crippen molar-refractivity contribution in [1.29, 1.82) is 0 Å². The monoisotopic (exact) mass is 408 g/mol. The number of rotatable bonds is 6. The smallest absolute Gasteiger partial charge is 0.191 e. The lowest BCUT2D eigenvalue weighted by Gasteiger charge is -2.30. The Hall–Kier alpha value is -1.11. The first kappa shape index (κ1) is 18.7. The number of aliphatic imine (C=N–C) groups is 1. The van der Waals surface area contributed by atoms with E-state index in [0.29, 0.717) is 0 Å². The van der Waals surface area contributed by atoms with Crippen molar-refractivity contribution in [2.75, 3.05) is 46.4 Å². The third-order valence-corrected chi connectivity index (χ3v) is 5.51. The first-order valence-corrected chi connectivity index (χ1v) is 9.99. The van der Waals surface area contributed by atoms with Gasteiger partial charge in [-0.2, -0.15) is 0 Å². The number of hydrogen-bond acceptors (Lipinski definition) is 3. The second kappa shape index (κ2) is 8.52. The summed E-state index contributed by atoms with van der Waals surface area (Å²) in [5.74, 6) is 0.889. The molecule has 1 unspecified atom stereocenters. The second-order valence-electron chi connectivity index (χ2n) is 7.12. The molecule has 2 fully saturated rings. The van der Waals surface area contributed by atoms with E-state index in [2.05, 4.69) is 69.7 Å². The molecule has 0 aromatic heterocycles. The van der Waals surface area contributed by atoms with Crippen molar-refractivity contribution in [2.45, 2.75) is 31.3 Å². The van der Waals surface area contributed by atoms with Crippen LogP contribution in [0.3, 0.4) is 0 Å². The van der Waals surface area contributed by atoms with Crippen LogP contribution in [0, 0.1) is 0 Å². The van der Waals surface area contributed by atoms with Gasteiger partial charge in [0, 0.05) is 36.1 Å². The van der Waals surface area contributed by atoms with Crippen LogP contribution in [0.2, 0.25) is 0 Å². The van der Waals surface area contributed by atoms with E-state index < -0.39 is 0 Å². The molecular formula is C19H29BrN4O. The van der Waals surface area contributed by atoms with Gasteiger partial charge in [-0.3, -0.25) is 4.99 Å². The predicted molar refractivity (Wildman–Crippen MR) is 106 cm³/mol. The molecule has 2 aliphatic rings. The minimum atomic E-state index is 0.216. The van der Waals surface area contributed by atoms with E-state index in [-0.39, 0.29) is 11.5 Å². The number of likely N-dealkylation sites (N-methyl/N-ethyl adjacent to an activating group) is 1. The van der Waals surface area contributed by atoms with Crippen LogP contribution in [0.1, 0.15) is 25.3 Å². The molecule has 25 heavy (non-hydrogen) atoms. The molecule has 1 saturated carbocycles. The van der Waals surface area contributed by atoms with E-state index in [9.17, 15) is 0 Å². The maximum absolute atomic E-state index is 5.82. The zero-order valence-corrected chi connectivity index (χ0v) is 16.8. The summed E-state index contributed by atoms with van der Waals surface area (Å²) >= 11 is 3.58. The number of nitrogens with one attached hydrogen (secondary N) is 2. The van der Waals surface area contributed by atoms with Crippen molar-refractivity contribution in [3.05, 3.63) is 34.3 Å². The maximum Gasteiger partial charge on any atom is 0.191 e. The molecule has 5 nitrogen and oxygen atoms in total. The summed E-state index contributed by atoms with van der Waals surface area (Å²) in [6, 6.07) is 8.65. The Kier molecular flexibility index (Phi) is 6.36. The molecule has 0 bridgehead atoms. The van der Waals surface area contributed by atoms with Crippen LogP contribution in [0.4, 0.5) is 0 Å². The molecule has 138 valence electrons. The Bertz CT molecular complexity index is 603. The second-order valence-corrected chi connectivity index (χ2v) is 8.04. The van der Waals surface area contributed by atoms with Gasteiger partial charge in [0.05, 0.1) is 19.3 Å². The van der Waals surface area contributed by atoms with Gasteiger partial charge in [0.1, 0.15) is 0 Å². The fraction of sp³-hybridized carbons (Fsp3) is 0.632. The largest absolute Gasteiger partial charge is 0.374 e. The van der Waals surface area contributed by atoms with Gasteiger partial charge < -0.3 is 20.3 Å². The van der Waals surface area contributed by atoms with Crippen molar-refractivity contribution >= 4 is 21.9 Å². The summed E-state index contributed by atoms with van der Waals surface area (Å²) in [7, 11) is 2.14. The quantitative estimate of drug-likeness (QED) is 0.560. The Balaban J connectivity index is 1.58. The Morgan fingerprint density at radius 1 is 1.40 bits per heavy atom. The molecule has 1 aromatic rings. The molecule has 1 heterocycles. The Morgan fingerprint density at radius 2 is 2.24 bits per heavy atom. The SMILES string of the molecule is CCNC(=NCC1(c2cccc(Br)c2)CC1)NCC1CN(C)CCO1. The van der Waals surface area contributed by atoms with Crippen molar-refractivity contribution in [2.24, 2.45) is 4.99 Å². The third kappa shape index (κ3) is 5.19. The number of guanidine groups is 1. The molecule has 1 aliphatic heterocycles. The molecule has 0 radical (unpaired) electrons. The number of halogens is 1. The van der Waals surface area contributed by atoms with Crippen LogP contribution >= 0.6 is 15.9 Å². The maximum atomic E-state index is 5.82. The molecule has 0 amide bonds. The summed E-state index contributed by atoms with van der Waals surface area (Å²) in [6.07, 6.45) is 2.65. The molecule has 1 atom stereocenters. The summed E-state index contributed by atoms with van der Waals surface area (Å²) in [4.78, 5) is 7.18. The van der Waals surface area contributed by atoms with Gasteiger partial charge in [0.15, 0.2) is 5.96 Å². The Labute approximate surface area is 159 Å². The first-order chi connectivity index (χ1) is 12.1. The van der Waals surface area contributed by atoms with Gasteiger partial charge in [-0.05, 0) is 44.5 Å². The molecule has 1 aliphatic carbocycles. The number of morpholine rings is 1. The van der Waals surface area contributed by atoms with E-state index in [4.69, 9.17) is 9.73 Å². The van der Waals surface area contributed by atoms with Gasteiger partial charge >= 0.3 is 0 Å². The molecule has 3 rings (SSSR count). The van der Waals surface area contributed by atoms with Crippen LogP contribution in [0.15, 0.2) is 33.7 Å². The van der Waals surface area contributed by atoms with E-state index in [0.717, 1.165) is 49.8 Å². The normalized spacial score (nSPS) is 23.3. The van der Waals surface area contributed by atoms with Crippen LogP contribution < -0.4 is 10.6 Å². The molecule has 1 saturated heterocycles. The highest BCUT2D eigenvalue weighted by Gasteiger charge is 2.44. The topological polar surface area (TPSA) is 48.9 Å². The minimum absolute atomic E-state index is 0.216. The van der Waals surface area contributed by atoms with Crippen LogP contribution in [-0.4, -0.2) is 63.3 Å². The van der Waals surface area contributed by atoms with Crippen molar-refractivity contribution in [1.82, 2.24) is 15.5 Å². The van der Waals surface area contributed by atoms with E-state index in [1.165, 1.54) is 18.4 Å². The lowest BCUT2D eigenvalue weighted by Crippen LogP contribution is -2.48. The fourth-order valence-electron chi connectivity index (χ4n) is 3.28. The van der Waals surface area contributed by atoms with Crippen LogP contribution in [0.5, 0.6) is 0 Å².